The smallest absolute Gasteiger partial charge is 0.346 e. The van der Waals surface area contributed by atoms with E-state index < -0.39 is 11.8 Å². The third-order valence-electron chi connectivity index (χ3n) is 4.34. The largest absolute Gasteiger partial charge is 0.452 e. The average Bonchev–Trinajstić information content (AvgIpc) is 3.01. The summed E-state index contributed by atoms with van der Waals surface area (Å²) in [7, 11) is 0. The number of nitrogens with zero attached hydrogens (tertiary/aromatic N) is 1. The zero-order valence-electron chi connectivity index (χ0n) is 14.8. The van der Waals surface area contributed by atoms with E-state index in [1.54, 1.807) is 43.6 Å². The van der Waals surface area contributed by atoms with Crippen molar-refractivity contribution in [1.82, 2.24) is 4.98 Å². The summed E-state index contributed by atoms with van der Waals surface area (Å²) in [6.07, 6.45) is 4.85. The van der Waals surface area contributed by atoms with Crippen LogP contribution in [-0.2, 0) is 0 Å². The van der Waals surface area contributed by atoms with Crippen molar-refractivity contribution in [2.45, 2.75) is 6.92 Å². The second-order valence-corrected chi connectivity index (χ2v) is 6.16. The minimum absolute atomic E-state index is 0.168. The van der Waals surface area contributed by atoms with Gasteiger partial charge in [-0.15, -0.1) is 0 Å². The molecule has 0 spiro atoms. The molecule has 2 heterocycles. The molecule has 0 saturated heterocycles. The maximum absolute atomic E-state index is 13.8. The summed E-state index contributed by atoms with van der Waals surface area (Å²) in [5, 5.41) is 0. The Morgan fingerprint density at radius 1 is 1.11 bits per heavy atom. The molecule has 3 aromatic rings. The van der Waals surface area contributed by atoms with Gasteiger partial charge in [0.1, 0.15) is 17.3 Å². The van der Waals surface area contributed by atoms with Gasteiger partial charge in [-0.05, 0) is 55.0 Å². The van der Waals surface area contributed by atoms with E-state index in [0.717, 1.165) is 5.56 Å². The lowest BCUT2D eigenvalue weighted by Crippen LogP contribution is -2.11. The third-order valence-corrected chi connectivity index (χ3v) is 4.34. The van der Waals surface area contributed by atoms with Crippen LogP contribution in [0.25, 0.3) is 6.08 Å². The number of hydrogen-bond acceptors (Lipinski definition) is 5. The highest BCUT2D eigenvalue weighted by molar-refractivity contribution is 6.15. The quantitative estimate of drug-likeness (QED) is 0.386. The molecule has 0 bridgehead atoms. The zero-order chi connectivity index (χ0) is 19.7. The Hall–Kier alpha value is -3.80. The Kier molecular flexibility index (Phi) is 4.45. The average molecular weight is 375 g/mol. The van der Waals surface area contributed by atoms with Crippen LogP contribution in [0.15, 0.2) is 66.7 Å². The number of allylic oxidation sites excluding steroid dienone is 1. The van der Waals surface area contributed by atoms with Crippen molar-refractivity contribution >= 4 is 17.8 Å². The first-order chi connectivity index (χ1) is 13.5. The van der Waals surface area contributed by atoms with E-state index in [1.165, 1.54) is 30.3 Å². The lowest BCUT2D eigenvalue weighted by molar-refractivity contribution is 0.0728. The van der Waals surface area contributed by atoms with Crippen molar-refractivity contribution in [3.8, 4) is 11.5 Å². The van der Waals surface area contributed by atoms with E-state index in [-0.39, 0.29) is 22.9 Å². The molecule has 1 aliphatic rings. The highest BCUT2D eigenvalue weighted by Crippen LogP contribution is 2.39. The molecule has 1 aliphatic heterocycles. The van der Waals surface area contributed by atoms with Gasteiger partial charge >= 0.3 is 5.97 Å². The van der Waals surface area contributed by atoms with E-state index in [2.05, 4.69) is 4.98 Å². The number of rotatable bonds is 3. The first-order valence-electron chi connectivity index (χ1n) is 8.49. The van der Waals surface area contributed by atoms with Gasteiger partial charge in [0.15, 0.2) is 5.76 Å². The molecule has 0 radical (unpaired) electrons. The number of pyridine rings is 1. The minimum Gasteiger partial charge on any atom is -0.452 e. The van der Waals surface area contributed by atoms with Crippen molar-refractivity contribution in [2.24, 2.45) is 0 Å². The number of carbonyl (C=O) groups excluding carboxylic acids is 2. The predicted octanol–water partition coefficient (Wildman–Crippen LogP) is 4.36. The van der Waals surface area contributed by atoms with Crippen molar-refractivity contribution in [2.75, 3.05) is 0 Å². The maximum atomic E-state index is 13.8. The van der Waals surface area contributed by atoms with Gasteiger partial charge in [-0.3, -0.25) is 9.78 Å². The molecule has 138 valence electrons. The Bertz CT molecular complexity index is 1120. The molecule has 4 rings (SSSR count). The van der Waals surface area contributed by atoms with Crippen LogP contribution in [0.4, 0.5) is 4.39 Å². The summed E-state index contributed by atoms with van der Waals surface area (Å²) in [5.74, 6) is -1.06. The van der Waals surface area contributed by atoms with Gasteiger partial charge in [0.2, 0.25) is 5.78 Å². The molecule has 6 heteroatoms. The molecule has 0 amide bonds. The summed E-state index contributed by atoms with van der Waals surface area (Å²) in [6.45, 7) is 1.67. The van der Waals surface area contributed by atoms with Crippen molar-refractivity contribution in [3.63, 3.8) is 0 Å². The first-order valence-corrected chi connectivity index (χ1v) is 8.49. The van der Waals surface area contributed by atoms with Gasteiger partial charge in [-0.2, -0.15) is 0 Å². The van der Waals surface area contributed by atoms with Crippen LogP contribution < -0.4 is 9.47 Å². The van der Waals surface area contributed by atoms with E-state index in [9.17, 15) is 14.0 Å². The van der Waals surface area contributed by atoms with Gasteiger partial charge < -0.3 is 9.47 Å². The molecule has 0 fully saturated rings. The highest BCUT2D eigenvalue weighted by Gasteiger charge is 2.30. The van der Waals surface area contributed by atoms with Crippen LogP contribution in [-0.4, -0.2) is 16.7 Å². The van der Waals surface area contributed by atoms with Crippen LogP contribution in [0.1, 0.15) is 31.8 Å². The number of ether oxygens (including phenoxy) is 2. The highest BCUT2D eigenvalue weighted by atomic mass is 19.1. The molecule has 0 aliphatic carbocycles. The summed E-state index contributed by atoms with van der Waals surface area (Å²) in [5.41, 5.74) is 1.46. The molecular weight excluding hydrogens is 361 g/mol. The van der Waals surface area contributed by atoms with E-state index >= 15 is 0 Å². The topological polar surface area (TPSA) is 65.5 Å². The molecule has 5 nitrogen and oxygen atoms in total. The molecule has 0 saturated carbocycles. The molecular formula is C22H14FNO4. The van der Waals surface area contributed by atoms with Crippen molar-refractivity contribution in [3.05, 3.63) is 94.8 Å². The first kappa shape index (κ1) is 17.6. The Morgan fingerprint density at radius 3 is 2.61 bits per heavy atom. The fourth-order valence-electron chi connectivity index (χ4n) is 2.87. The Morgan fingerprint density at radius 2 is 1.86 bits per heavy atom. The van der Waals surface area contributed by atoms with Crippen LogP contribution in [0.5, 0.6) is 11.5 Å². The molecule has 1 aromatic heterocycles. The van der Waals surface area contributed by atoms with E-state index in [0.29, 0.717) is 16.9 Å². The second-order valence-electron chi connectivity index (χ2n) is 6.16. The van der Waals surface area contributed by atoms with Crippen LogP contribution in [0, 0.1) is 12.7 Å². The van der Waals surface area contributed by atoms with Gasteiger partial charge in [0.05, 0.1) is 11.1 Å². The van der Waals surface area contributed by atoms with Crippen LogP contribution >= 0.6 is 0 Å². The number of benzene rings is 2. The van der Waals surface area contributed by atoms with Crippen LogP contribution in [0.2, 0.25) is 0 Å². The predicted molar refractivity (Wildman–Crippen MR) is 99.7 cm³/mol. The second kappa shape index (κ2) is 7.08. The molecule has 2 aromatic carbocycles. The van der Waals surface area contributed by atoms with Crippen molar-refractivity contribution < 1.29 is 23.5 Å². The standard InChI is InChI=1S/C22H14FNO4/c1-13-18(28-22(26)15-4-2-3-5-17(15)23)7-6-16-20(25)19(27-21(13)16)12-14-8-10-24-11-9-14/h2-12H,1H3/b19-12-. The molecule has 0 unspecified atom stereocenters. The number of Topliss-reactive ketones (excluding diaryl/α,β-unsaturated/α-hetero) is 1. The lowest BCUT2D eigenvalue weighted by Gasteiger charge is -2.10. The van der Waals surface area contributed by atoms with Gasteiger partial charge in [-0.1, -0.05) is 12.1 Å². The molecule has 28 heavy (non-hydrogen) atoms. The van der Waals surface area contributed by atoms with Crippen LogP contribution in [0.3, 0.4) is 0 Å². The number of ketones is 1. The number of halogens is 1. The number of aromatic nitrogens is 1. The number of esters is 1. The monoisotopic (exact) mass is 375 g/mol. The zero-order valence-corrected chi connectivity index (χ0v) is 14.8. The third kappa shape index (κ3) is 3.16. The SMILES string of the molecule is Cc1c(OC(=O)c2ccccc2F)ccc2c1O/C(=C\c1ccncc1)C2=O. The Labute approximate surface area is 160 Å². The normalized spacial score (nSPS) is 13.9. The lowest BCUT2D eigenvalue weighted by atomic mass is 10.1. The fraction of sp³-hybridized carbons (Fsp3) is 0.0455. The van der Waals surface area contributed by atoms with Crippen molar-refractivity contribution in [1.29, 1.82) is 0 Å². The molecule has 0 atom stereocenters. The summed E-state index contributed by atoms with van der Waals surface area (Å²) >= 11 is 0. The molecule has 0 N–H and O–H groups in total. The van der Waals surface area contributed by atoms with E-state index in [1.807, 2.05) is 0 Å². The summed E-state index contributed by atoms with van der Waals surface area (Å²) < 4.78 is 24.8. The number of fused-ring (bicyclic) bond motifs is 1. The van der Waals surface area contributed by atoms with E-state index in [4.69, 9.17) is 9.47 Å². The van der Waals surface area contributed by atoms with Gasteiger partial charge in [0, 0.05) is 18.0 Å². The summed E-state index contributed by atoms with van der Waals surface area (Å²) in [6, 6.07) is 12.1. The van der Waals surface area contributed by atoms with Gasteiger partial charge in [-0.25, -0.2) is 9.18 Å². The van der Waals surface area contributed by atoms with Gasteiger partial charge in [0.25, 0.3) is 0 Å². The maximum Gasteiger partial charge on any atom is 0.346 e. The summed E-state index contributed by atoms with van der Waals surface area (Å²) in [4.78, 5) is 28.8. The number of carbonyl (C=O) groups is 2. The number of hydrogen-bond donors (Lipinski definition) is 0. The Balaban J connectivity index is 1.63. The minimum atomic E-state index is -0.821. The fourth-order valence-corrected chi connectivity index (χ4v) is 2.87.